The van der Waals surface area contributed by atoms with Crippen molar-refractivity contribution in [2.75, 3.05) is 0 Å². The van der Waals surface area contributed by atoms with Crippen molar-refractivity contribution in [1.82, 2.24) is 14.8 Å². The van der Waals surface area contributed by atoms with Gasteiger partial charge in [0.15, 0.2) is 0 Å². The minimum atomic E-state index is -0.115. The van der Waals surface area contributed by atoms with Crippen molar-refractivity contribution in [2.24, 2.45) is 12.8 Å². The van der Waals surface area contributed by atoms with Crippen LogP contribution in [0, 0.1) is 6.92 Å². The Kier molecular flexibility index (Phi) is 3.45. The summed E-state index contributed by atoms with van der Waals surface area (Å²) in [7, 11) is 1.86. The van der Waals surface area contributed by atoms with Crippen molar-refractivity contribution in [3.05, 3.63) is 46.5 Å². The van der Waals surface area contributed by atoms with Crippen molar-refractivity contribution in [1.29, 1.82) is 0 Å². The number of benzene rings is 1. The molecule has 17 heavy (non-hydrogen) atoms. The Morgan fingerprint density at radius 3 is 2.82 bits per heavy atom. The van der Waals surface area contributed by atoms with Gasteiger partial charge in [-0.05, 0) is 24.1 Å². The van der Waals surface area contributed by atoms with E-state index in [2.05, 4.69) is 10.1 Å². The van der Waals surface area contributed by atoms with E-state index in [1.165, 1.54) is 6.33 Å². The van der Waals surface area contributed by atoms with Crippen LogP contribution < -0.4 is 5.73 Å². The van der Waals surface area contributed by atoms with Crippen molar-refractivity contribution in [3.8, 4) is 0 Å². The molecule has 1 heterocycles. The van der Waals surface area contributed by atoms with Gasteiger partial charge >= 0.3 is 0 Å². The number of hydrogen-bond acceptors (Lipinski definition) is 3. The van der Waals surface area contributed by atoms with Gasteiger partial charge < -0.3 is 5.73 Å². The van der Waals surface area contributed by atoms with Crippen molar-refractivity contribution in [2.45, 2.75) is 19.4 Å². The fraction of sp³-hybridized carbons (Fsp3) is 0.333. The molecule has 2 rings (SSSR count). The monoisotopic (exact) mass is 250 g/mol. The first kappa shape index (κ1) is 12.1. The second kappa shape index (κ2) is 4.85. The van der Waals surface area contributed by atoms with Gasteiger partial charge in [-0.25, -0.2) is 4.98 Å². The lowest BCUT2D eigenvalue weighted by Crippen LogP contribution is -2.16. The van der Waals surface area contributed by atoms with Gasteiger partial charge in [0, 0.05) is 24.5 Å². The zero-order valence-electron chi connectivity index (χ0n) is 9.89. The second-order valence-electron chi connectivity index (χ2n) is 4.12. The minimum absolute atomic E-state index is 0.115. The van der Waals surface area contributed by atoms with Gasteiger partial charge in [0.1, 0.15) is 12.2 Å². The lowest BCUT2D eigenvalue weighted by atomic mass is 10.0. The average Bonchev–Trinajstić information content (AvgIpc) is 2.68. The first-order chi connectivity index (χ1) is 8.08. The van der Waals surface area contributed by atoms with E-state index in [1.807, 2.05) is 32.2 Å². The van der Waals surface area contributed by atoms with Gasteiger partial charge in [-0.1, -0.05) is 23.7 Å². The van der Waals surface area contributed by atoms with E-state index in [0.717, 1.165) is 22.0 Å². The molecule has 5 heteroatoms. The fourth-order valence-corrected chi connectivity index (χ4v) is 1.85. The van der Waals surface area contributed by atoms with Gasteiger partial charge in [-0.15, -0.1) is 0 Å². The molecule has 0 saturated heterocycles. The van der Waals surface area contributed by atoms with Crippen LogP contribution in [0.5, 0.6) is 0 Å². The first-order valence-electron chi connectivity index (χ1n) is 5.42. The van der Waals surface area contributed by atoms with Crippen LogP contribution in [0.3, 0.4) is 0 Å². The van der Waals surface area contributed by atoms with Crippen LogP contribution in [0.2, 0.25) is 5.02 Å². The number of aryl methyl sites for hydroxylation is 2. The zero-order chi connectivity index (χ0) is 12.4. The quantitative estimate of drug-likeness (QED) is 0.907. The Morgan fingerprint density at radius 2 is 2.24 bits per heavy atom. The number of rotatable bonds is 3. The molecule has 1 aromatic carbocycles. The molecule has 0 amide bonds. The molecule has 0 saturated carbocycles. The highest BCUT2D eigenvalue weighted by Crippen LogP contribution is 2.21. The largest absolute Gasteiger partial charge is 0.324 e. The SMILES string of the molecule is Cc1ccc(C(N)Cc2ncnn2C)cc1Cl. The number of halogens is 1. The smallest absolute Gasteiger partial charge is 0.138 e. The molecule has 1 atom stereocenters. The number of aromatic nitrogens is 3. The van der Waals surface area contributed by atoms with Crippen LogP contribution in [0.15, 0.2) is 24.5 Å². The normalized spacial score (nSPS) is 12.7. The Hall–Kier alpha value is -1.39. The Balaban J connectivity index is 2.17. The molecule has 0 spiro atoms. The lowest BCUT2D eigenvalue weighted by Gasteiger charge is -2.12. The number of hydrogen-bond donors (Lipinski definition) is 1. The summed E-state index contributed by atoms with van der Waals surface area (Å²) in [6, 6.07) is 5.78. The molecular weight excluding hydrogens is 236 g/mol. The van der Waals surface area contributed by atoms with Gasteiger partial charge in [-0.2, -0.15) is 5.10 Å². The van der Waals surface area contributed by atoms with Gasteiger partial charge in [0.25, 0.3) is 0 Å². The molecular formula is C12H15ClN4. The molecule has 0 aliphatic heterocycles. The summed E-state index contributed by atoms with van der Waals surface area (Å²) in [4.78, 5) is 4.16. The molecule has 1 aromatic heterocycles. The van der Waals surface area contributed by atoms with Crippen LogP contribution in [-0.4, -0.2) is 14.8 Å². The highest BCUT2D eigenvalue weighted by atomic mass is 35.5. The summed E-state index contributed by atoms with van der Waals surface area (Å²) in [5, 5.41) is 4.77. The second-order valence-corrected chi connectivity index (χ2v) is 4.53. The summed E-state index contributed by atoms with van der Waals surface area (Å²) in [5.41, 5.74) is 8.21. The summed E-state index contributed by atoms with van der Waals surface area (Å²) >= 11 is 6.08. The van der Waals surface area contributed by atoms with E-state index in [-0.39, 0.29) is 6.04 Å². The maximum Gasteiger partial charge on any atom is 0.138 e. The maximum atomic E-state index is 6.13. The highest BCUT2D eigenvalue weighted by molar-refractivity contribution is 6.31. The van der Waals surface area contributed by atoms with E-state index >= 15 is 0 Å². The Labute approximate surface area is 105 Å². The standard InChI is InChI=1S/C12H15ClN4/c1-8-3-4-9(5-10(8)13)11(14)6-12-15-7-16-17(12)2/h3-5,7,11H,6,14H2,1-2H3. The van der Waals surface area contributed by atoms with Crippen LogP contribution in [0.4, 0.5) is 0 Å². The number of nitrogens with zero attached hydrogens (tertiary/aromatic N) is 3. The third kappa shape index (κ3) is 2.65. The predicted molar refractivity (Wildman–Crippen MR) is 67.8 cm³/mol. The van der Waals surface area contributed by atoms with E-state index < -0.39 is 0 Å². The van der Waals surface area contributed by atoms with Gasteiger partial charge in [0.2, 0.25) is 0 Å². The number of nitrogens with two attached hydrogens (primary N) is 1. The molecule has 0 aliphatic rings. The lowest BCUT2D eigenvalue weighted by molar-refractivity contribution is 0.629. The van der Waals surface area contributed by atoms with E-state index in [9.17, 15) is 0 Å². The molecule has 0 fully saturated rings. The molecule has 90 valence electrons. The highest BCUT2D eigenvalue weighted by Gasteiger charge is 2.11. The molecule has 1 unspecified atom stereocenters. The van der Waals surface area contributed by atoms with Crippen molar-refractivity contribution in [3.63, 3.8) is 0 Å². The Bertz CT molecular complexity index is 521. The van der Waals surface area contributed by atoms with E-state index in [4.69, 9.17) is 17.3 Å². The fourth-order valence-electron chi connectivity index (χ4n) is 1.66. The average molecular weight is 251 g/mol. The third-order valence-electron chi connectivity index (χ3n) is 2.83. The minimum Gasteiger partial charge on any atom is -0.324 e. The predicted octanol–water partition coefficient (Wildman–Crippen LogP) is 2.02. The van der Waals surface area contributed by atoms with Crippen molar-refractivity contribution < 1.29 is 0 Å². The van der Waals surface area contributed by atoms with E-state index in [1.54, 1.807) is 4.68 Å². The summed E-state index contributed by atoms with van der Waals surface area (Å²) in [6.07, 6.45) is 2.18. The van der Waals surface area contributed by atoms with Crippen LogP contribution in [0.1, 0.15) is 23.0 Å². The van der Waals surface area contributed by atoms with Crippen LogP contribution >= 0.6 is 11.6 Å². The van der Waals surface area contributed by atoms with Gasteiger partial charge in [-0.3, -0.25) is 4.68 Å². The van der Waals surface area contributed by atoms with Crippen LogP contribution in [0.25, 0.3) is 0 Å². The Morgan fingerprint density at radius 1 is 1.47 bits per heavy atom. The molecule has 0 aliphatic carbocycles. The molecule has 2 N–H and O–H groups in total. The third-order valence-corrected chi connectivity index (χ3v) is 3.24. The summed E-state index contributed by atoms with van der Waals surface area (Å²) < 4.78 is 1.73. The summed E-state index contributed by atoms with van der Waals surface area (Å²) in [6.45, 7) is 1.97. The maximum absolute atomic E-state index is 6.13. The molecule has 2 aromatic rings. The van der Waals surface area contributed by atoms with E-state index in [0.29, 0.717) is 6.42 Å². The van der Waals surface area contributed by atoms with Crippen molar-refractivity contribution >= 4 is 11.6 Å². The molecule has 4 nitrogen and oxygen atoms in total. The first-order valence-corrected chi connectivity index (χ1v) is 5.80. The zero-order valence-corrected chi connectivity index (χ0v) is 10.6. The summed E-state index contributed by atoms with van der Waals surface area (Å²) in [5.74, 6) is 0.870. The van der Waals surface area contributed by atoms with Crippen LogP contribution in [-0.2, 0) is 13.5 Å². The topological polar surface area (TPSA) is 56.7 Å². The van der Waals surface area contributed by atoms with Gasteiger partial charge in [0.05, 0.1) is 0 Å². The molecule has 0 radical (unpaired) electrons. The molecule has 0 bridgehead atoms.